The maximum Gasteiger partial charge on any atom is 0.303 e. The van der Waals surface area contributed by atoms with Crippen LogP contribution in [0.15, 0.2) is 36.4 Å². The number of carboxylic acid groups (broad SMARTS) is 1. The summed E-state index contributed by atoms with van der Waals surface area (Å²) in [5, 5.41) is 15.5. The van der Waals surface area contributed by atoms with Gasteiger partial charge in [0, 0.05) is 18.0 Å². The Kier molecular flexibility index (Phi) is 4.81. The van der Waals surface area contributed by atoms with E-state index in [0.29, 0.717) is 33.3 Å². The molecule has 3 amide bonds. The van der Waals surface area contributed by atoms with Crippen molar-refractivity contribution in [2.24, 2.45) is 11.8 Å². The van der Waals surface area contributed by atoms with E-state index in [9.17, 15) is 24.3 Å². The quantitative estimate of drug-likeness (QED) is 0.533. The smallest absolute Gasteiger partial charge is 0.303 e. The molecule has 1 spiro atoms. The Labute approximate surface area is 204 Å². The Hall–Kier alpha value is -3.63. The third-order valence-corrected chi connectivity index (χ3v) is 7.55. The normalized spacial score (nSPS) is 28.0. The molecular formula is C24H20ClN3O7. The largest absolute Gasteiger partial charge is 0.481 e. The number of rotatable bonds is 5. The van der Waals surface area contributed by atoms with Gasteiger partial charge in [0.05, 0.1) is 29.1 Å². The van der Waals surface area contributed by atoms with Gasteiger partial charge in [-0.2, -0.15) is 0 Å². The lowest BCUT2D eigenvalue weighted by Gasteiger charge is -2.29. The molecule has 3 N–H and O–H groups in total. The zero-order valence-electron chi connectivity index (χ0n) is 18.2. The second kappa shape index (κ2) is 7.69. The topological polar surface area (TPSA) is 134 Å². The minimum absolute atomic E-state index is 0.00689. The number of likely N-dealkylation sites (tertiary alicyclic amines) is 1. The van der Waals surface area contributed by atoms with Crippen molar-refractivity contribution in [3.8, 4) is 11.5 Å². The van der Waals surface area contributed by atoms with Gasteiger partial charge in [0.2, 0.25) is 24.5 Å². The summed E-state index contributed by atoms with van der Waals surface area (Å²) in [5.41, 5.74) is 0.0109. The molecule has 4 atom stereocenters. The van der Waals surface area contributed by atoms with E-state index in [2.05, 4.69) is 10.6 Å². The molecule has 0 aliphatic carbocycles. The first-order valence-corrected chi connectivity index (χ1v) is 11.5. The van der Waals surface area contributed by atoms with Gasteiger partial charge in [-0.05, 0) is 30.2 Å². The highest BCUT2D eigenvalue weighted by atomic mass is 35.5. The van der Waals surface area contributed by atoms with Crippen molar-refractivity contribution in [2.75, 3.05) is 12.1 Å². The summed E-state index contributed by atoms with van der Waals surface area (Å²) in [7, 11) is 0. The highest BCUT2D eigenvalue weighted by Crippen LogP contribution is 2.54. The van der Waals surface area contributed by atoms with Crippen molar-refractivity contribution in [3.05, 3.63) is 52.5 Å². The third-order valence-electron chi connectivity index (χ3n) is 7.24. The molecule has 4 heterocycles. The SMILES string of the molecule is O=C(O)CC[C@H]1N[C@@]2(C(=O)Nc3c(Cl)cccc32)[C@H]2C(=O)N(Cc3ccc4c(c3)OCO4)C(=O)[C@H]12. The van der Waals surface area contributed by atoms with Gasteiger partial charge in [0.1, 0.15) is 5.54 Å². The first kappa shape index (κ1) is 21.9. The highest BCUT2D eigenvalue weighted by Gasteiger charge is 2.70. The molecule has 0 saturated carbocycles. The maximum atomic E-state index is 13.8. The molecule has 0 aromatic heterocycles. The Morgan fingerprint density at radius 3 is 2.74 bits per heavy atom. The molecule has 10 nitrogen and oxygen atoms in total. The van der Waals surface area contributed by atoms with Crippen LogP contribution >= 0.6 is 11.6 Å². The molecular weight excluding hydrogens is 478 g/mol. The molecule has 180 valence electrons. The standard InChI is InChI=1S/C24H20ClN3O7/c25-13-3-1-2-12-20(13)26-23(33)24(12)19-18(14(27-24)5-7-17(29)30)21(31)28(22(19)32)9-11-4-6-15-16(8-11)35-10-34-15/h1-4,6,8,14,18-19,27H,5,7,9-10H2,(H,26,33)(H,29,30)/t14-,18-,19-,24-/m1/s1. The van der Waals surface area contributed by atoms with Crippen LogP contribution < -0.4 is 20.1 Å². The average Bonchev–Trinajstić information content (AvgIpc) is 3.55. The molecule has 2 aromatic rings. The molecule has 2 fully saturated rings. The summed E-state index contributed by atoms with van der Waals surface area (Å²) in [6, 6.07) is 9.48. The average molecular weight is 498 g/mol. The third kappa shape index (κ3) is 3.06. The number of carbonyl (C=O) groups excluding carboxylic acids is 3. The molecule has 2 aromatic carbocycles. The predicted molar refractivity (Wildman–Crippen MR) is 121 cm³/mol. The van der Waals surface area contributed by atoms with Gasteiger partial charge in [-0.25, -0.2) is 0 Å². The number of carbonyl (C=O) groups is 4. The lowest BCUT2D eigenvalue weighted by atomic mass is 9.76. The Morgan fingerprint density at radius 2 is 1.94 bits per heavy atom. The zero-order chi connectivity index (χ0) is 24.5. The number of ether oxygens (including phenoxy) is 2. The number of amides is 3. The molecule has 6 rings (SSSR count). The van der Waals surface area contributed by atoms with Crippen LogP contribution in [0.1, 0.15) is 24.0 Å². The van der Waals surface area contributed by atoms with E-state index in [1.54, 1.807) is 36.4 Å². The van der Waals surface area contributed by atoms with Crippen molar-refractivity contribution in [1.29, 1.82) is 0 Å². The second-order valence-corrected chi connectivity index (χ2v) is 9.47. The van der Waals surface area contributed by atoms with E-state index in [1.807, 2.05) is 0 Å². The van der Waals surface area contributed by atoms with Crippen LogP contribution in [-0.2, 0) is 31.3 Å². The van der Waals surface area contributed by atoms with Gasteiger partial charge in [0.15, 0.2) is 11.5 Å². The lowest BCUT2D eigenvalue weighted by molar-refractivity contribution is -0.144. The molecule has 0 radical (unpaired) electrons. The number of aliphatic carboxylic acids is 1. The van der Waals surface area contributed by atoms with E-state index in [-0.39, 0.29) is 26.2 Å². The Balaban J connectivity index is 1.40. The Bertz CT molecular complexity index is 1310. The van der Waals surface area contributed by atoms with Gasteiger partial charge in [-0.1, -0.05) is 29.8 Å². The fourth-order valence-corrected chi connectivity index (χ4v) is 5.98. The van der Waals surface area contributed by atoms with E-state index < -0.39 is 47.1 Å². The molecule has 2 saturated heterocycles. The van der Waals surface area contributed by atoms with Gasteiger partial charge in [-0.15, -0.1) is 0 Å². The van der Waals surface area contributed by atoms with Crippen molar-refractivity contribution < 1.29 is 33.8 Å². The maximum absolute atomic E-state index is 13.8. The zero-order valence-corrected chi connectivity index (χ0v) is 19.0. The molecule has 35 heavy (non-hydrogen) atoms. The number of fused-ring (bicyclic) bond motifs is 5. The number of carboxylic acids is 1. The number of para-hydroxylation sites is 1. The molecule has 4 aliphatic heterocycles. The van der Waals surface area contributed by atoms with E-state index >= 15 is 0 Å². The lowest BCUT2D eigenvalue weighted by Crippen LogP contribution is -2.53. The second-order valence-electron chi connectivity index (χ2n) is 9.06. The number of benzene rings is 2. The van der Waals surface area contributed by atoms with Crippen LogP contribution in [0.3, 0.4) is 0 Å². The number of hydrogen-bond donors (Lipinski definition) is 3. The summed E-state index contributed by atoms with van der Waals surface area (Å²) in [6.07, 6.45) is -0.136. The Morgan fingerprint density at radius 1 is 1.14 bits per heavy atom. The number of imide groups is 1. The van der Waals surface area contributed by atoms with E-state index in [1.165, 1.54) is 0 Å². The van der Waals surface area contributed by atoms with Crippen LogP contribution in [0, 0.1) is 11.8 Å². The summed E-state index contributed by atoms with van der Waals surface area (Å²) in [6.45, 7) is 0.0914. The fourth-order valence-electron chi connectivity index (χ4n) is 5.76. The minimum Gasteiger partial charge on any atom is -0.481 e. The summed E-state index contributed by atoms with van der Waals surface area (Å²) >= 11 is 6.32. The monoisotopic (exact) mass is 497 g/mol. The summed E-state index contributed by atoms with van der Waals surface area (Å²) in [4.78, 5) is 53.3. The van der Waals surface area contributed by atoms with Gasteiger partial charge in [0.25, 0.3) is 0 Å². The van der Waals surface area contributed by atoms with Gasteiger partial charge >= 0.3 is 5.97 Å². The number of halogens is 1. The fraction of sp³-hybridized carbons (Fsp3) is 0.333. The van der Waals surface area contributed by atoms with E-state index in [0.717, 1.165) is 4.90 Å². The van der Waals surface area contributed by atoms with Gasteiger partial charge < -0.3 is 19.9 Å². The highest BCUT2D eigenvalue weighted by molar-refractivity contribution is 6.35. The van der Waals surface area contributed by atoms with Crippen molar-refractivity contribution >= 4 is 41.0 Å². The van der Waals surface area contributed by atoms with Crippen molar-refractivity contribution in [2.45, 2.75) is 31.0 Å². The van der Waals surface area contributed by atoms with Gasteiger partial charge in [-0.3, -0.25) is 29.4 Å². The summed E-state index contributed by atoms with van der Waals surface area (Å²) in [5.74, 6) is -3.28. The number of nitrogens with zero attached hydrogens (tertiary/aromatic N) is 1. The molecule has 0 unspecified atom stereocenters. The molecule has 0 bridgehead atoms. The first-order chi connectivity index (χ1) is 16.8. The summed E-state index contributed by atoms with van der Waals surface area (Å²) < 4.78 is 10.7. The number of anilines is 1. The number of hydrogen-bond acceptors (Lipinski definition) is 7. The van der Waals surface area contributed by atoms with E-state index in [4.69, 9.17) is 21.1 Å². The minimum atomic E-state index is -1.52. The van der Waals surface area contributed by atoms with Crippen LogP contribution in [0.5, 0.6) is 11.5 Å². The van der Waals surface area contributed by atoms with Crippen LogP contribution in [0.4, 0.5) is 5.69 Å². The van der Waals surface area contributed by atoms with Crippen molar-refractivity contribution in [3.63, 3.8) is 0 Å². The molecule has 11 heteroatoms. The molecule has 4 aliphatic rings. The van der Waals surface area contributed by atoms with Crippen LogP contribution in [0.25, 0.3) is 0 Å². The van der Waals surface area contributed by atoms with Crippen LogP contribution in [-0.4, -0.2) is 46.5 Å². The van der Waals surface area contributed by atoms with Crippen molar-refractivity contribution in [1.82, 2.24) is 10.2 Å². The number of nitrogens with one attached hydrogen (secondary N) is 2. The van der Waals surface area contributed by atoms with Crippen LogP contribution in [0.2, 0.25) is 5.02 Å². The first-order valence-electron chi connectivity index (χ1n) is 11.1. The predicted octanol–water partition coefficient (Wildman–Crippen LogP) is 1.85.